The zero-order valence-electron chi connectivity index (χ0n) is 10.4. The van der Waals surface area contributed by atoms with Crippen LogP contribution in [-0.2, 0) is 4.79 Å². The molecule has 0 saturated heterocycles. The lowest BCUT2D eigenvalue weighted by Crippen LogP contribution is -2.56. The molecule has 0 bridgehead atoms. The Morgan fingerprint density at radius 1 is 1.00 bits per heavy atom. The lowest BCUT2D eigenvalue weighted by atomic mass is 10.0. The van der Waals surface area contributed by atoms with Crippen molar-refractivity contribution in [2.45, 2.75) is 70.4 Å². The van der Waals surface area contributed by atoms with Crippen molar-refractivity contribution in [2.24, 2.45) is 11.5 Å². The number of hydrogen-bond donors (Lipinski definition) is 3. The van der Waals surface area contributed by atoms with E-state index in [0.717, 1.165) is 19.3 Å². The molecular weight excluding hydrogens is 204 g/mol. The summed E-state index contributed by atoms with van der Waals surface area (Å²) in [4.78, 5) is 10.6. The Bertz CT molecular complexity index is 193. The van der Waals surface area contributed by atoms with Gasteiger partial charge in [-0.15, -0.1) is 0 Å². The van der Waals surface area contributed by atoms with Crippen molar-refractivity contribution in [3.05, 3.63) is 0 Å². The number of unbranched alkanes of at least 4 members (excludes halogenated alkanes) is 7. The molecule has 0 aliphatic carbocycles. The van der Waals surface area contributed by atoms with Gasteiger partial charge in [0.25, 0.3) is 0 Å². The number of aliphatic carboxylic acids is 1. The quantitative estimate of drug-likeness (QED) is 0.396. The van der Waals surface area contributed by atoms with E-state index in [-0.39, 0.29) is 0 Å². The van der Waals surface area contributed by atoms with Gasteiger partial charge in [-0.1, -0.05) is 51.9 Å². The Labute approximate surface area is 98.4 Å². The summed E-state index contributed by atoms with van der Waals surface area (Å²) in [5.41, 5.74) is 9.30. The van der Waals surface area contributed by atoms with Crippen LogP contribution in [0.3, 0.4) is 0 Å². The average molecular weight is 230 g/mol. The van der Waals surface area contributed by atoms with Crippen LogP contribution in [0.5, 0.6) is 0 Å². The summed E-state index contributed by atoms with van der Waals surface area (Å²) < 4.78 is 0. The standard InChI is InChI=1S/C12H26N2O2/c1-2-3-4-5-6-7-8-9-10-12(13,14)11(15)16/h2-10,13-14H2,1H3,(H,15,16). The maximum Gasteiger partial charge on any atom is 0.338 e. The monoisotopic (exact) mass is 230 g/mol. The third-order valence-electron chi connectivity index (χ3n) is 2.84. The summed E-state index contributed by atoms with van der Waals surface area (Å²) in [5, 5.41) is 8.69. The van der Waals surface area contributed by atoms with Gasteiger partial charge in [-0.25, -0.2) is 4.79 Å². The Morgan fingerprint density at radius 3 is 1.88 bits per heavy atom. The van der Waals surface area contributed by atoms with E-state index in [1.54, 1.807) is 0 Å². The van der Waals surface area contributed by atoms with Crippen molar-refractivity contribution >= 4 is 5.97 Å². The fraction of sp³-hybridized carbons (Fsp3) is 0.917. The fourth-order valence-corrected chi connectivity index (χ4v) is 1.66. The number of carbonyl (C=O) groups is 1. The molecule has 16 heavy (non-hydrogen) atoms. The van der Waals surface area contributed by atoms with Crippen molar-refractivity contribution in [1.82, 2.24) is 0 Å². The van der Waals surface area contributed by atoms with E-state index in [9.17, 15) is 4.79 Å². The zero-order valence-corrected chi connectivity index (χ0v) is 10.4. The number of nitrogens with two attached hydrogens (primary N) is 2. The van der Waals surface area contributed by atoms with Gasteiger partial charge in [0.05, 0.1) is 0 Å². The van der Waals surface area contributed by atoms with E-state index in [0.29, 0.717) is 6.42 Å². The second-order valence-corrected chi connectivity index (χ2v) is 4.57. The molecular formula is C12H26N2O2. The fourth-order valence-electron chi connectivity index (χ4n) is 1.66. The maximum absolute atomic E-state index is 10.6. The van der Waals surface area contributed by atoms with Gasteiger partial charge in [-0.2, -0.15) is 0 Å². The zero-order chi connectivity index (χ0) is 12.4. The van der Waals surface area contributed by atoms with Gasteiger partial charge in [0.15, 0.2) is 5.66 Å². The number of rotatable bonds is 10. The van der Waals surface area contributed by atoms with E-state index in [4.69, 9.17) is 16.6 Å². The summed E-state index contributed by atoms with van der Waals surface area (Å²) in [6.07, 6.45) is 9.73. The predicted octanol–water partition coefficient (Wildman–Crippen LogP) is 2.22. The largest absolute Gasteiger partial charge is 0.479 e. The van der Waals surface area contributed by atoms with Crippen LogP contribution in [-0.4, -0.2) is 16.7 Å². The molecule has 0 aromatic rings. The summed E-state index contributed by atoms with van der Waals surface area (Å²) >= 11 is 0. The molecule has 0 heterocycles. The lowest BCUT2D eigenvalue weighted by molar-refractivity contribution is -0.143. The SMILES string of the molecule is CCCCCCCCCCC(N)(N)C(=O)O. The highest BCUT2D eigenvalue weighted by Crippen LogP contribution is 2.12. The van der Waals surface area contributed by atoms with E-state index in [2.05, 4.69) is 6.92 Å². The molecule has 0 unspecified atom stereocenters. The molecule has 0 spiro atoms. The Morgan fingerprint density at radius 2 is 1.44 bits per heavy atom. The Hall–Kier alpha value is -0.610. The highest BCUT2D eigenvalue weighted by atomic mass is 16.4. The van der Waals surface area contributed by atoms with Crippen LogP contribution in [0.25, 0.3) is 0 Å². The normalized spacial score (nSPS) is 11.7. The predicted molar refractivity (Wildman–Crippen MR) is 66.0 cm³/mol. The minimum Gasteiger partial charge on any atom is -0.479 e. The first kappa shape index (κ1) is 15.4. The Balaban J connectivity index is 3.30. The summed E-state index contributed by atoms with van der Waals surface area (Å²) in [6.45, 7) is 2.20. The van der Waals surface area contributed by atoms with Crippen LogP contribution >= 0.6 is 0 Å². The molecule has 0 aliphatic heterocycles. The van der Waals surface area contributed by atoms with Crippen molar-refractivity contribution in [3.8, 4) is 0 Å². The van der Waals surface area contributed by atoms with Gasteiger partial charge >= 0.3 is 5.97 Å². The van der Waals surface area contributed by atoms with Crippen molar-refractivity contribution in [2.75, 3.05) is 0 Å². The topological polar surface area (TPSA) is 89.3 Å². The van der Waals surface area contributed by atoms with Gasteiger partial charge in [0.2, 0.25) is 0 Å². The van der Waals surface area contributed by atoms with E-state index in [1.165, 1.54) is 32.1 Å². The number of carboxylic acids is 1. The van der Waals surface area contributed by atoms with Crippen LogP contribution in [0.2, 0.25) is 0 Å². The molecule has 4 nitrogen and oxygen atoms in total. The molecule has 0 amide bonds. The van der Waals surface area contributed by atoms with Gasteiger partial charge in [-0.05, 0) is 12.8 Å². The van der Waals surface area contributed by atoms with Gasteiger partial charge < -0.3 is 16.6 Å². The Kier molecular flexibility index (Phi) is 8.21. The van der Waals surface area contributed by atoms with E-state index < -0.39 is 11.6 Å². The van der Waals surface area contributed by atoms with Gasteiger partial charge in [0, 0.05) is 0 Å². The lowest BCUT2D eigenvalue weighted by Gasteiger charge is -2.18. The van der Waals surface area contributed by atoms with Crippen molar-refractivity contribution in [1.29, 1.82) is 0 Å². The second kappa shape index (κ2) is 8.53. The van der Waals surface area contributed by atoms with Gasteiger partial charge in [-0.3, -0.25) is 0 Å². The molecule has 96 valence electrons. The van der Waals surface area contributed by atoms with Crippen LogP contribution in [0.4, 0.5) is 0 Å². The highest BCUT2D eigenvalue weighted by Gasteiger charge is 2.27. The van der Waals surface area contributed by atoms with Crippen molar-refractivity contribution < 1.29 is 9.90 Å². The molecule has 5 N–H and O–H groups in total. The van der Waals surface area contributed by atoms with Crippen molar-refractivity contribution in [3.63, 3.8) is 0 Å². The molecule has 0 aromatic heterocycles. The molecule has 0 aromatic carbocycles. The summed E-state index contributed by atoms with van der Waals surface area (Å²) in [7, 11) is 0. The van der Waals surface area contributed by atoms with Crippen LogP contribution in [0, 0.1) is 0 Å². The third-order valence-corrected chi connectivity index (χ3v) is 2.84. The first-order valence-electron chi connectivity index (χ1n) is 6.32. The number of carboxylic acid groups (broad SMARTS) is 1. The molecule has 0 atom stereocenters. The first-order valence-corrected chi connectivity index (χ1v) is 6.32. The minimum absolute atomic E-state index is 0.358. The molecule has 4 heteroatoms. The highest BCUT2D eigenvalue weighted by molar-refractivity contribution is 5.77. The second-order valence-electron chi connectivity index (χ2n) is 4.57. The minimum atomic E-state index is -1.54. The van der Waals surface area contributed by atoms with E-state index >= 15 is 0 Å². The summed E-state index contributed by atoms with van der Waals surface area (Å²) in [6, 6.07) is 0. The van der Waals surface area contributed by atoms with Crippen LogP contribution in [0.15, 0.2) is 0 Å². The average Bonchev–Trinajstić information content (AvgIpc) is 2.21. The van der Waals surface area contributed by atoms with Crippen LogP contribution < -0.4 is 11.5 Å². The smallest absolute Gasteiger partial charge is 0.338 e. The van der Waals surface area contributed by atoms with E-state index in [1.807, 2.05) is 0 Å². The maximum atomic E-state index is 10.6. The molecule has 0 saturated carbocycles. The van der Waals surface area contributed by atoms with Gasteiger partial charge in [0.1, 0.15) is 0 Å². The molecule has 0 aliphatic rings. The van der Waals surface area contributed by atoms with Crippen LogP contribution in [0.1, 0.15) is 64.7 Å². The molecule has 0 rings (SSSR count). The first-order chi connectivity index (χ1) is 7.50. The molecule has 0 fully saturated rings. The summed E-state index contributed by atoms with van der Waals surface area (Å²) in [5.74, 6) is -1.12. The number of hydrogen-bond acceptors (Lipinski definition) is 3. The third kappa shape index (κ3) is 7.65. The molecule has 0 radical (unpaired) electrons.